The lowest BCUT2D eigenvalue weighted by Crippen LogP contribution is -2.13. The molecule has 0 saturated heterocycles. The van der Waals surface area contributed by atoms with E-state index < -0.39 is 17.4 Å². The largest absolute Gasteiger partial charge is 0.390 e. The molecule has 0 aliphatic heterocycles. The van der Waals surface area contributed by atoms with Crippen LogP contribution in [0, 0.1) is 15.2 Å². The van der Waals surface area contributed by atoms with E-state index in [4.69, 9.17) is 0 Å². The number of carbonyl (C=O) groups excluding carboxylic acids is 1. The lowest BCUT2D eigenvalue weighted by molar-refractivity contribution is 0.102. The van der Waals surface area contributed by atoms with Crippen molar-refractivity contribution >= 4 is 41.0 Å². The van der Waals surface area contributed by atoms with Crippen molar-refractivity contribution in [2.45, 2.75) is 6.92 Å². The van der Waals surface area contributed by atoms with Crippen molar-refractivity contribution in [1.29, 1.82) is 0 Å². The van der Waals surface area contributed by atoms with Crippen LogP contribution >= 0.6 is 35.2 Å². The van der Waals surface area contributed by atoms with Crippen LogP contribution in [-0.4, -0.2) is 18.1 Å². The summed E-state index contributed by atoms with van der Waals surface area (Å²) in [4.78, 5) is 11.9. The van der Waals surface area contributed by atoms with E-state index in [0.717, 1.165) is 6.07 Å². The summed E-state index contributed by atoms with van der Waals surface area (Å²) in [5.41, 5.74) is 0.0675. The van der Waals surface area contributed by atoms with Gasteiger partial charge in [-0.3, -0.25) is 4.79 Å². The normalized spacial score (nSPS) is 11.5. The number of allylic oxidation sites excluding steroid dienone is 1. The summed E-state index contributed by atoms with van der Waals surface area (Å²) in [7, 11) is 0. The maximum Gasteiger partial charge on any atom is 0.193 e. The van der Waals surface area contributed by atoms with Crippen LogP contribution in [0.4, 0.5) is 8.78 Å². The molecule has 0 saturated carbocycles. The second kappa shape index (κ2) is 7.08. The molecule has 0 unspecified atom stereocenters. The molecule has 0 radical (unpaired) electrons. The first-order chi connectivity index (χ1) is 8.47. The highest BCUT2D eigenvalue weighted by atomic mass is 127. The SMILES string of the molecule is C/C(=C\NCCS)C(=O)c1cc(I)cc(F)c1F. The minimum Gasteiger partial charge on any atom is -0.390 e. The Bertz CT molecular complexity index is 491. The number of ketones is 1. The summed E-state index contributed by atoms with van der Waals surface area (Å²) in [5, 5.41) is 2.86. The number of thiol groups is 1. The van der Waals surface area contributed by atoms with E-state index in [1.54, 1.807) is 6.92 Å². The first kappa shape index (κ1) is 15.4. The molecular formula is C12H12F2INOS. The van der Waals surface area contributed by atoms with E-state index in [9.17, 15) is 13.6 Å². The maximum atomic E-state index is 13.5. The molecule has 1 rings (SSSR count). The van der Waals surface area contributed by atoms with E-state index in [0.29, 0.717) is 21.4 Å². The van der Waals surface area contributed by atoms with Crippen LogP contribution in [-0.2, 0) is 0 Å². The van der Waals surface area contributed by atoms with Crippen LogP contribution in [0.2, 0.25) is 0 Å². The molecule has 0 atom stereocenters. The number of benzene rings is 1. The fourth-order valence-electron chi connectivity index (χ4n) is 1.29. The Morgan fingerprint density at radius 3 is 2.78 bits per heavy atom. The van der Waals surface area contributed by atoms with Gasteiger partial charge in [0.25, 0.3) is 0 Å². The van der Waals surface area contributed by atoms with E-state index in [1.807, 2.05) is 22.6 Å². The van der Waals surface area contributed by atoms with Gasteiger partial charge in [0.15, 0.2) is 17.4 Å². The summed E-state index contributed by atoms with van der Waals surface area (Å²) >= 11 is 5.84. The third kappa shape index (κ3) is 3.94. The number of rotatable bonds is 5. The van der Waals surface area contributed by atoms with Crippen LogP contribution < -0.4 is 5.32 Å². The predicted octanol–water partition coefficient (Wildman–Crippen LogP) is 3.18. The molecule has 0 heterocycles. The standard InChI is InChI=1S/C12H12F2INOS/c1-7(6-16-2-3-18)12(17)9-4-8(15)5-10(13)11(9)14/h4-6,16,18H,2-3H2,1H3/b7-6+. The van der Waals surface area contributed by atoms with Crippen molar-refractivity contribution in [3.8, 4) is 0 Å². The first-order valence-electron chi connectivity index (χ1n) is 5.17. The molecule has 1 aromatic carbocycles. The maximum absolute atomic E-state index is 13.5. The minimum atomic E-state index is -1.11. The summed E-state index contributed by atoms with van der Waals surface area (Å²) in [6, 6.07) is 2.38. The molecule has 0 aliphatic rings. The Hall–Kier alpha value is -0.630. The molecule has 18 heavy (non-hydrogen) atoms. The van der Waals surface area contributed by atoms with Gasteiger partial charge in [-0.2, -0.15) is 12.6 Å². The lowest BCUT2D eigenvalue weighted by atomic mass is 10.0. The van der Waals surface area contributed by atoms with Crippen LogP contribution in [0.5, 0.6) is 0 Å². The van der Waals surface area contributed by atoms with Crippen LogP contribution in [0.15, 0.2) is 23.9 Å². The molecule has 0 aromatic heterocycles. The van der Waals surface area contributed by atoms with Crippen LogP contribution in [0.3, 0.4) is 0 Å². The molecule has 98 valence electrons. The van der Waals surface area contributed by atoms with Gasteiger partial charge in [0.1, 0.15) is 0 Å². The van der Waals surface area contributed by atoms with Gasteiger partial charge >= 0.3 is 0 Å². The Morgan fingerprint density at radius 1 is 1.50 bits per heavy atom. The first-order valence-corrected chi connectivity index (χ1v) is 6.88. The third-order valence-electron chi connectivity index (χ3n) is 2.17. The Morgan fingerprint density at radius 2 is 2.17 bits per heavy atom. The number of nitrogens with one attached hydrogen (secondary N) is 1. The molecule has 2 nitrogen and oxygen atoms in total. The third-order valence-corrected chi connectivity index (χ3v) is 3.02. The minimum absolute atomic E-state index is 0.249. The number of halogens is 3. The summed E-state index contributed by atoms with van der Waals surface area (Å²) in [6.45, 7) is 2.14. The van der Waals surface area contributed by atoms with Crippen molar-refractivity contribution in [2.75, 3.05) is 12.3 Å². The van der Waals surface area contributed by atoms with Crippen molar-refractivity contribution in [1.82, 2.24) is 5.32 Å². The highest BCUT2D eigenvalue weighted by Gasteiger charge is 2.17. The number of Topliss-reactive ketones (excluding diaryl/α,β-unsaturated/α-hetero) is 1. The number of hydrogen-bond acceptors (Lipinski definition) is 3. The van der Waals surface area contributed by atoms with Crippen molar-refractivity contribution < 1.29 is 13.6 Å². The fourth-order valence-corrected chi connectivity index (χ4v) is 2.00. The average molecular weight is 383 g/mol. The van der Waals surface area contributed by atoms with Gasteiger partial charge < -0.3 is 5.32 Å². The Labute approximate surface area is 123 Å². The molecule has 0 spiro atoms. The lowest BCUT2D eigenvalue weighted by Gasteiger charge is -2.05. The topological polar surface area (TPSA) is 29.1 Å². The molecule has 0 aliphatic carbocycles. The summed E-state index contributed by atoms with van der Waals surface area (Å²) < 4.78 is 27.2. The molecule has 1 aromatic rings. The fraction of sp³-hybridized carbons (Fsp3) is 0.250. The summed E-state index contributed by atoms with van der Waals surface area (Å²) in [5.74, 6) is -2.04. The van der Waals surface area contributed by atoms with Gasteiger partial charge in [0.2, 0.25) is 0 Å². The monoisotopic (exact) mass is 383 g/mol. The van der Waals surface area contributed by atoms with Gasteiger partial charge in [-0.1, -0.05) is 0 Å². The molecule has 0 bridgehead atoms. The number of carbonyl (C=O) groups is 1. The van der Waals surface area contributed by atoms with Gasteiger partial charge in [0.05, 0.1) is 5.56 Å². The smallest absolute Gasteiger partial charge is 0.193 e. The van der Waals surface area contributed by atoms with E-state index in [2.05, 4.69) is 17.9 Å². The molecule has 0 amide bonds. The Balaban J connectivity index is 3.00. The van der Waals surface area contributed by atoms with Crippen molar-refractivity contribution in [3.05, 3.63) is 44.7 Å². The van der Waals surface area contributed by atoms with E-state index in [1.165, 1.54) is 12.3 Å². The average Bonchev–Trinajstić information content (AvgIpc) is 2.33. The van der Waals surface area contributed by atoms with E-state index in [-0.39, 0.29) is 5.56 Å². The highest BCUT2D eigenvalue weighted by Crippen LogP contribution is 2.19. The molecule has 0 fully saturated rings. The van der Waals surface area contributed by atoms with E-state index >= 15 is 0 Å². The highest BCUT2D eigenvalue weighted by molar-refractivity contribution is 14.1. The quantitative estimate of drug-likeness (QED) is 0.204. The zero-order chi connectivity index (χ0) is 13.7. The van der Waals surface area contributed by atoms with Gasteiger partial charge in [-0.25, -0.2) is 8.78 Å². The van der Waals surface area contributed by atoms with Crippen molar-refractivity contribution in [2.24, 2.45) is 0 Å². The zero-order valence-electron chi connectivity index (χ0n) is 9.64. The molecular weight excluding hydrogens is 371 g/mol. The second-order valence-corrected chi connectivity index (χ2v) is 5.28. The van der Waals surface area contributed by atoms with Crippen molar-refractivity contribution in [3.63, 3.8) is 0 Å². The predicted molar refractivity (Wildman–Crippen MR) is 79.0 cm³/mol. The van der Waals surface area contributed by atoms with Crippen LogP contribution in [0.25, 0.3) is 0 Å². The second-order valence-electron chi connectivity index (χ2n) is 3.58. The molecule has 6 heteroatoms. The van der Waals surface area contributed by atoms with Gasteiger partial charge in [0, 0.05) is 27.6 Å². The van der Waals surface area contributed by atoms with Gasteiger partial charge in [-0.15, -0.1) is 0 Å². The Kier molecular flexibility index (Phi) is 6.07. The zero-order valence-corrected chi connectivity index (χ0v) is 12.7. The molecule has 1 N–H and O–H groups in total. The van der Waals surface area contributed by atoms with Crippen LogP contribution in [0.1, 0.15) is 17.3 Å². The summed E-state index contributed by atoms with van der Waals surface area (Å²) in [6.07, 6.45) is 1.48. The van der Waals surface area contributed by atoms with Gasteiger partial charge in [-0.05, 0) is 41.6 Å². The number of hydrogen-bond donors (Lipinski definition) is 2.